The Hall–Kier alpha value is -3.40. The molecule has 0 radical (unpaired) electrons. The minimum atomic E-state index is -0.260. The number of hydrazine groups is 1. The van der Waals surface area contributed by atoms with Crippen LogP contribution >= 0.6 is 0 Å². The molecule has 3 aliphatic rings. The number of fused-ring (bicyclic) bond motifs is 2. The summed E-state index contributed by atoms with van der Waals surface area (Å²) < 4.78 is 20.2. The van der Waals surface area contributed by atoms with E-state index in [0.29, 0.717) is 23.5 Å². The van der Waals surface area contributed by atoms with Crippen LogP contribution in [0.2, 0.25) is 0 Å². The number of aromatic nitrogens is 4. The number of rotatable bonds is 5. The van der Waals surface area contributed by atoms with Crippen molar-refractivity contribution in [3.63, 3.8) is 0 Å². The van der Waals surface area contributed by atoms with Crippen molar-refractivity contribution < 1.29 is 9.13 Å². The first-order valence-electron chi connectivity index (χ1n) is 13.7. The van der Waals surface area contributed by atoms with Crippen LogP contribution < -0.4 is 20.9 Å². The van der Waals surface area contributed by atoms with Gasteiger partial charge in [0.25, 0.3) is 0 Å². The quantitative estimate of drug-likeness (QED) is 0.314. The minimum Gasteiger partial charge on any atom is -0.489 e. The predicted molar refractivity (Wildman–Crippen MR) is 143 cm³/mol. The molecular weight excluding hydrogens is 481 g/mol. The van der Waals surface area contributed by atoms with E-state index in [1.165, 1.54) is 11.6 Å². The molecule has 3 aromatic heterocycles. The molecule has 4 atom stereocenters. The molecule has 1 saturated carbocycles. The average molecular weight is 514 g/mol. The molecule has 0 bridgehead atoms. The molecule has 9 heteroatoms. The van der Waals surface area contributed by atoms with Crippen LogP contribution in [0.25, 0.3) is 22.3 Å². The Kier molecular flexibility index (Phi) is 6.27. The normalized spacial score (nSPS) is 25.9. The number of nitrogens with one attached hydrogen (secondary N) is 4. The summed E-state index contributed by atoms with van der Waals surface area (Å²) >= 11 is 0. The van der Waals surface area contributed by atoms with E-state index in [1.54, 1.807) is 18.3 Å². The van der Waals surface area contributed by atoms with Gasteiger partial charge in [-0.3, -0.25) is 10.4 Å². The highest BCUT2D eigenvalue weighted by Gasteiger charge is 2.43. The molecule has 2 aliphatic heterocycles. The van der Waals surface area contributed by atoms with Crippen LogP contribution in [0.3, 0.4) is 0 Å². The average Bonchev–Trinajstić information content (AvgIpc) is 3.57. The van der Waals surface area contributed by atoms with Crippen molar-refractivity contribution in [2.24, 2.45) is 5.92 Å². The van der Waals surface area contributed by atoms with Gasteiger partial charge in [0.2, 0.25) is 0 Å². The number of H-pyrrole nitrogens is 1. The van der Waals surface area contributed by atoms with Gasteiger partial charge in [-0.1, -0.05) is 12.1 Å². The zero-order chi connectivity index (χ0) is 25.5. The lowest BCUT2D eigenvalue weighted by atomic mass is 9.73. The Morgan fingerprint density at radius 3 is 2.79 bits per heavy atom. The van der Waals surface area contributed by atoms with Gasteiger partial charge < -0.3 is 15.0 Å². The third kappa shape index (κ3) is 4.55. The Labute approximate surface area is 220 Å². The van der Waals surface area contributed by atoms with E-state index in [2.05, 4.69) is 37.2 Å². The van der Waals surface area contributed by atoms with Crippen LogP contribution in [0.4, 0.5) is 4.39 Å². The second-order valence-electron chi connectivity index (χ2n) is 10.8. The highest BCUT2D eigenvalue weighted by molar-refractivity contribution is 5.89. The molecule has 196 valence electrons. The number of piperidine rings is 1. The van der Waals surface area contributed by atoms with Gasteiger partial charge in [0, 0.05) is 24.0 Å². The molecule has 8 nitrogen and oxygen atoms in total. The standard InChI is InChI=1S/C29H32FN7O/c30-20-3-1-2-18(12-20)23-8-11-33-28-26(23)34-29(35-28)27-24-14-17(4-5-25(24)36-37-27)19-13-22(16-32-15-19)38-21-6-9-31-10-7-21/h1-3,8,11-13,15-17,21,24-25,27,31,36-37H,4-7,9-10,14H2,(H,33,34,35). The summed E-state index contributed by atoms with van der Waals surface area (Å²) in [7, 11) is 0. The van der Waals surface area contributed by atoms with E-state index in [0.717, 1.165) is 73.4 Å². The maximum Gasteiger partial charge on any atom is 0.178 e. The molecule has 0 spiro atoms. The first-order chi connectivity index (χ1) is 18.7. The summed E-state index contributed by atoms with van der Waals surface area (Å²) in [5, 5.41) is 3.39. The topological polar surface area (TPSA) is 99.8 Å². The van der Waals surface area contributed by atoms with Gasteiger partial charge in [0.05, 0.1) is 17.8 Å². The van der Waals surface area contributed by atoms with E-state index >= 15 is 0 Å². The minimum absolute atomic E-state index is 0.0273. The van der Waals surface area contributed by atoms with Crippen LogP contribution in [0.5, 0.6) is 5.75 Å². The Balaban J connectivity index is 1.13. The van der Waals surface area contributed by atoms with Gasteiger partial charge in [0.1, 0.15) is 23.5 Å². The van der Waals surface area contributed by atoms with Gasteiger partial charge in [-0.15, -0.1) is 0 Å². The third-order valence-corrected chi connectivity index (χ3v) is 8.39. The summed E-state index contributed by atoms with van der Waals surface area (Å²) in [5.41, 5.74) is 11.4. The molecular formula is C29H32FN7O. The van der Waals surface area contributed by atoms with Crippen LogP contribution in [0, 0.1) is 11.7 Å². The molecule has 4 unspecified atom stereocenters. The molecule has 3 fully saturated rings. The number of pyridine rings is 2. The largest absolute Gasteiger partial charge is 0.489 e. The van der Waals surface area contributed by atoms with Crippen molar-refractivity contribution in [3.05, 3.63) is 72.2 Å². The predicted octanol–water partition coefficient (Wildman–Crippen LogP) is 4.39. The van der Waals surface area contributed by atoms with E-state index in [4.69, 9.17) is 9.72 Å². The number of hydrogen-bond donors (Lipinski definition) is 4. The number of imidazole rings is 1. The number of nitrogens with zero attached hydrogens (tertiary/aromatic N) is 3. The summed E-state index contributed by atoms with van der Waals surface area (Å²) in [5.74, 6) is 2.25. The molecule has 7 rings (SSSR count). The maximum absolute atomic E-state index is 13.9. The van der Waals surface area contributed by atoms with Crippen molar-refractivity contribution in [1.29, 1.82) is 0 Å². The van der Waals surface area contributed by atoms with Crippen LogP contribution in [0.1, 0.15) is 55.5 Å². The van der Waals surface area contributed by atoms with Gasteiger partial charge in [-0.25, -0.2) is 19.8 Å². The lowest BCUT2D eigenvalue weighted by Crippen LogP contribution is -2.35. The van der Waals surface area contributed by atoms with E-state index in [1.807, 2.05) is 24.5 Å². The van der Waals surface area contributed by atoms with Gasteiger partial charge >= 0.3 is 0 Å². The van der Waals surface area contributed by atoms with E-state index < -0.39 is 0 Å². The molecule has 1 aliphatic carbocycles. The lowest BCUT2D eigenvalue weighted by molar-refractivity contribution is 0.161. The molecule has 4 N–H and O–H groups in total. The van der Waals surface area contributed by atoms with E-state index in [9.17, 15) is 4.39 Å². The van der Waals surface area contributed by atoms with Crippen LogP contribution in [-0.2, 0) is 0 Å². The SMILES string of the molecule is Fc1cccc(-c2ccnc3nc(C4NNC5CCC(c6cncc(OC7CCNCC7)c6)CC54)[nH]c23)c1. The van der Waals surface area contributed by atoms with Crippen molar-refractivity contribution in [2.45, 2.75) is 56.2 Å². The number of hydrogen-bond acceptors (Lipinski definition) is 7. The molecule has 4 aromatic rings. The summed E-state index contributed by atoms with van der Waals surface area (Å²) in [6, 6.07) is 11.1. The molecule has 5 heterocycles. The fourth-order valence-electron chi connectivity index (χ4n) is 6.43. The third-order valence-electron chi connectivity index (χ3n) is 8.39. The first kappa shape index (κ1) is 23.7. The summed E-state index contributed by atoms with van der Waals surface area (Å²) in [6.07, 6.45) is 11.1. The van der Waals surface area contributed by atoms with Crippen LogP contribution in [-0.4, -0.2) is 45.2 Å². The smallest absolute Gasteiger partial charge is 0.178 e. The van der Waals surface area contributed by atoms with Crippen molar-refractivity contribution >= 4 is 11.2 Å². The van der Waals surface area contributed by atoms with Gasteiger partial charge in [-0.05, 0) is 92.4 Å². The van der Waals surface area contributed by atoms with Gasteiger partial charge in [0.15, 0.2) is 5.65 Å². The molecule has 38 heavy (non-hydrogen) atoms. The fraction of sp³-hybridized carbons (Fsp3) is 0.414. The number of benzene rings is 1. The van der Waals surface area contributed by atoms with Crippen molar-refractivity contribution in [1.82, 2.24) is 36.1 Å². The Morgan fingerprint density at radius 1 is 0.974 bits per heavy atom. The molecule has 0 amide bonds. The second kappa shape index (κ2) is 10.1. The fourth-order valence-corrected chi connectivity index (χ4v) is 6.43. The Bertz CT molecular complexity index is 1440. The number of ether oxygens (including phenoxy) is 1. The zero-order valence-corrected chi connectivity index (χ0v) is 21.2. The maximum atomic E-state index is 13.9. The lowest BCUT2D eigenvalue weighted by Gasteiger charge is -2.33. The monoisotopic (exact) mass is 513 g/mol. The molecule has 2 saturated heterocycles. The van der Waals surface area contributed by atoms with Crippen molar-refractivity contribution in [3.8, 4) is 16.9 Å². The second-order valence-corrected chi connectivity index (χ2v) is 10.8. The van der Waals surface area contributed by atoms with Crippen LogP contribution in [0.15, 0.2) is 55.0 Å². The number of aromatic amines is 1. The van der Waals surface area contributed by atoms with E-state index in [-0.39, 0.29) is 18.0 Å². The number of halogens is 1. The molecule has 1 aromatic carbocycles. The summed E-state index contributed by atoms with van der Waals surface area (Å²) in [6.45, 7) is 2.01. The Morgan fingerprint density at radius 2 is 1.89 bits per heavy atom. The highest BCUT2D eigenvalue weighted by atomic mass is 19.1. The summed E-state index contributed by atoms with van der Waals surface area (Å²) in [4.78, 5) is 17.4. The van der Waals surface area contributed by atoms with Gasteiger partial charge in [-0.2, -0.15) is 0 Å². The highest BCUT2D eigenvalue weighted by Crippen LogP contribution is 2.44. The van der Waals surface area contributed by atoms with Crippen molar-refractivity contribution in [2.75, 3.05) is 13.1 Å². The zero-order valence-electron chi connectivity index (χ0n) is 21.2. The first-order valence-corrected chi connectivity index (χ1v) is 13.7.